The van der Waals surface area contributed by atoms with E-state index in [0.717, 1.165) is 24.2 Å². The molecule has 1 atom stereocenters. The zero-order chi connectivity index (χ0) is 27.5. The standard InChI is InChI=1S/C27H30N6O5S/c1-4-32-14-17(13-28-32)23-22(25(35)38-5-2)21(29-26(36)31-23)15-39-27-30-20(24(34)33(27)18-8-9-18)12-16-6-10-19(37-3)11-7-16/h6-7,10-14,18,23H,4-5,8-9,15H2,1-3H3,(H2,29,31,36). The molecule has 12 heteroatoms. The second-order valence-corrected chi connectivity index (χ2v) is 10.1. The number of aromatic nitrogens is 2. The van der Waals surface area contributed by atoms with Crippen molar-refractivity contribution in [3.05, 3.63) is 64.8 Å². The molecule has 3 aliphatic rings. The van der Waals surface area contributed by atoms with E-state index in [4.69, 9.17) is 9.47 Å². The Kier molecular flexibility index (Phi) is 7.73. The van der Waals surface area contributed by atoms with Crippen LogP contribution in [0.3, 0.4) is 0 Å². The van der Waals surface area contributed by atoms with Crippen molar-refractivity contribution in [2.75, 3.05) is 19.5 Å². The van der Waals surface area contributed by atoms with Gasteiger partial charge in [-0.15, -0.1) is 0 Å². The van der Waals surface area contributed by atoms with Gasteiger partial charge in [0.1, 0.15) is 11.4 Å². The number of esters is 1. The van der Waals surface area contributed by atoms with E-state index in [0.29, 0.717) is 34.2 Å². The number of aryl methyl sites for hydroxylation is 1. The fourth-order valence-corrected chi connectivity index (χ4v) is 5.43. The lowest BCUT2D eigenvalue weighted by molar-refractivity contribution is -0.139. The molecule has 0 radical (unpaired) electrons. The predicted molar refractivity (Wildman–Crippen MR) is 147 cm³/mol. The van der Waals surface area contributed by atoms with E-state index in [-0.39, 0.29) is 24.3 Å². The summed E-state index contributed by atoms with van der Waals surface area (Å²) >= 11 is 1.30. The monoisotopic (exact) mass is 550 g/mol. The third-order valence-corrected chi connectivity index (χ3v) is 7.48. The van der Waals surface area contributed by atoms with Crippen LogP contribution in [0.1, 0.15) is 43.9 Å². The lowest BCUT2D eigenvalue weighted by Gasteiger charge is -2.28. The lowest BCUT2D eigenvalue weighted by atomic mass is 9.98. The molecule has 2 aromatic rings. The van der Waals surface area contributed by atoms with Crippen LogP contribution in [0, 0.1) is 0 Å². The smallest absolute Gasteiger partial charge is 0.338 e. The molecule has 0 spiro atoms. The van der Waals surface area contributed by atoms with Gasteiger partial charge < -0.3 is 20.1 Å². The summed E-state index contributed by atoms with van der Waals surface area (Å²) in [5.41, 5.74) is 2.56. The topological polar surface area (TPSA) is 127 Å². The number of thioether (sulfide) groups is 1. The largest absolute Gasteiger partial charge is 0.497 e. The molecule has 1 saturated carbocycles. The molecule has 0 bridgehead atoms. The molecule has 204 valence electrons. The molecular weight excluding hydrogens is 520 g/mol. The molecule has 0 saturated heterocycles. The van der Waals surface area contributed by atoms with Gasteiger partial charge in [0.25, 0.3) is 5.91 Å². The van der Waals surface area contributed by atoms with Crippen LogP contribution in [0.2, 0.25) is 0 Å². The molecule has 1 aromatic carbocycles. The number of amides is 3. The van der Waals surface area contributed by atoms with E-state index in [2.05, 4.69) is 20.7 Å². The first-order chi connectivity index (χ1) is 18.9. The SMILES string of the molecule is CCOC(=O)C1=C(CSC2=NC(=Cc3ccc(OC)cc3)C(=O)N2C2CC2)NC(=O)NC1c1cnn(CC)c1. The van der Waals surface area contributed by atoms with E-state index in [1.807, 2.05) is 31.2 Å². The van der Waals surface area contributed by atoms with E-state index >= 15 is 0 Å². The van der Waals surface area contributed by atoms with Crippen molar-refractivity contribution in [2.24, 2.45) is 4.99 Å². The van der Waals surface area contributed by atoms with Crippen molar-refractivity contribution in [2.45, 2.75) is 45.3 Å². The van der Waals surface area contributed by atoms with Gasteiger partial charge in [0.15, 0.2) is 5.17 Å². The van der Waals surface area contributed by atoms with Crippen molar-refractivity contribution >= 4 is 40.9 Å². The van der Waals surface area contributed by atoms with E-state index in [9.17, 15) is 14.4 Å². The highest BCUT2D eigenvalue weighted by molar-refractivity contribution is 8.14. The maximum absolute atomic E-state index is 13.3. The molecule has 39 heavy (non-hydrogen) atoms. The number of benzene rings is 1. The van der Waals surface area contributed by atoms with Crippen LogP contribution in [0.25, 0.3) is 6.08 Å². The van der Waals surface area contributed by atoms with Crippen LogP contribution in [0.4, 0.5) is 4.79 Å². The minimum absolute atomic E-state index is 0.0965. The highest BCUT2D eigenvalue weighted by Crippen LogP contribution is 2.37. The molecule has 3 amide bonds. The molecule has 2 aliphatic heterocycles. The number of rotatable bonds is 9. The predicted octanol–water partition coefficient (Wildman–Crippen LogP) is 3.22. The van der Waals surface area contributed by atoms with E-state index in [1.54, 1.807) is 42.1 Å². The van der Waals surface area contributed by atoms with Crippen LogP contribution in [0.5, 0.6) is 5.75 Å². The molecule has 1 unspecified atom stereocenters. The normalized spacial score (nSPS) is 20.2. The summed E-state index contributed by atoms with van der Waals surface area (Å²) in [6.45, 7) is 4.52. The number of urea groups is 1. The van der Waals surface area contributed by atoms with Crippen LogP contribution in [-0.4, -0.2) is 63.3 Å². The Morgan fingerprint density at radius 2 is 1.97 bits per heavy atom. The summed E-state index contributed by atoms with van der Waals surface area (Å²) in [6.07, 6.45) is 6.99. The Morgan fingerprint density at radius 3 is 2.62 bits per heavy atom. The van der Waals surface area contributed by atoms with Gasteiger partial charge in [-0.25, -0.2) is 14.6 Å². The molecule has 5 rings (SSSR count). The minimum Gasteiger partial charge on any atom is -0.497 e. The van der Waals surface area contributed by atoms with Crippen LogP contribution < -0.4 is 15.4 Å². The zero-order valence-corrected chi connectivity index (χ0v) is 22.8. The van der Waals surface area contributed by atoms with E-state index < -0.39 is 18.0 Å². The average Bonchev–Trinajstić information content (AvgIpc) is 3.56. The Hall–Kier alpha value is -4.06. The molecule has 1 fully saturated rings. The Balaban J connectivity index is 1.44. The van der Waals surface area contributed by atoms with Crippen molar-refractivity contribution in [1.82, 2.24) is 25.3 Å². The Bertz CT molecular complexity index is 1380. The summed E-state index contributed by atoms with van der Waals surface area (Å²) in [5.74, 6) is 0.253. The van der Waals surface area contributed by atoms with Gasteiger partial charge in [-0.3, -0.25) is 14.4 Å². The highest BCUT2D eigenvalue weighted by Gasteiger charge is 2.42. The summed E-state index contributed by atoms with van der Waals surface area (Å²) in [4.78, 5) is 45.4. The van der Waals surface area contributed by atoms with Crippen LogP contribution in [0.15, 0.2) is 58.6 Å². The summed E-state index contributed by atoms with van der Waals surface area (Å²) in [5, 5.41) is 10.4. The first-order valence-electron chi connectivity index (χ1n) is 12.8. The summed E-state index contributed by atoms with van der Waals surface area (Å²) in [6, 6.07) is 6.33. The number of carbonyl (C=O) groups excluding carboxylic acids is 3. The molecule has 1 aromatic heterocycles. The fourth-order valence-electron chi connectivity index (χ4n) is 4.39. The van der Waals surface area contributed by atoms with E-state index in [1.165, 1.54) is 11.8 Å². The van der Waals surface area contributed by atoms with Gasteiger partial charge in [-0.05, 0) is 50.5 Å². The van der Waals surface area contributed by atoms with Crippen LogP contribution >= 0.6 is 11.8 Å². The molecule has 11 nitrogen and oxygen atoms in total. The number of methoxy groups -OCH3 is 1. The number of carbonyl (C=O) groups is 3. The maximum atomic E-state index is 13.3. The van der Waals surface area contributed by atoms with Crippen molar-refractivity contribution in [1.29, 1.82) is 0 Å². The number of aliphatic imine (C=N–C) groups is 1. The van der Waals surface area contributed by atoms with Gasteiger partial charge in [0.05, 0.1) is 31.5 Å². The van der Waals surface area contributed by atoms with Crippen molar-refractivity contribution in [3.63, 3.8) is 0 Å². The number of hydrogen-bond acceptors (Lipinski definition) is 8. The Morgan fingerprint density at radius 1 is 1.21 bits per heavy atom. The zero-order valence-electron chi connectivity index (χ0n) is 22.0. The fraction of sp³-hybridized carbons (Fsp3) is 0.370. The highest BCUT2D eigenvalue weighted by atomic mass is 32.2. The van der Waals surface area contributed by atoms with Gasteiger partial charge in [-0.2, -0.15) is 5.10 Å². The van der Waals surface area contributed by atoms with Gasteiger partial charge in [-0.1, -0.05) is 23.9 Å². The number of hydrogen-bond donors (Lipinski definition) is 2. The third kappa shape index (κ3) is 5.70. The average molecular weight is 551 g/mol. The maximum Gasteiger partial charge on any atom is 0.338 e. The van der Waals surface area contributed by atoms with Crippen molar-refractivity contribution < 1.29 is 23.9 Å². The molecule has 2 N–H and O–H groups in total. The number of ether oxygens (including phenoxy) is 2. The number of nitrogens with zero attached hydrogens (tertiary/aromatic N) is 4. The minimum atomic E-state index is -0.717. The number of nitrogens with one attached hydrogen (secondary N) is 2. The van der Waals surface area contributed by atoms with Gasteiger partial charge in [0.2, 0.25) is 0 Å². The molecular formula is C27H30N6O5S. The number of amidine groups is 1. The van der Waals surface area contributed by atoms with Crippen LogP contribution in [-0.2, 0) is 20.9 Å². The Labute approximate surface area is 230 Å². The molecule has 1 aliphatic carbocycles. The molecule has 3 heterocycles. The second-order valence-electron chi connectivity index (χ2n) is 9.17. The summed E-state index contributed by atoms with van der Waals surface area (Å²) in [7, 11) is 1.60. The van der Waals surface area contributed by atoms with Gasteiger partial charge >= 0.3 is 12.0 Å². The second kappa shape index (κ2) is 11.4. The summed E-state index contributed by atoms with van der Waals surface area (Å²) < 4.78 is 12.3. The first kappa shape index (κ1) is 26.5. The van der Waals surface area contributed by atoms with Gasteiger partial charge in [0, 0.05) is 35.8 Å². The quantitative estimate of drug-likeness (QED) is 0.363. The lowest BCUT2D eigenvalue weighted by Crippen LogP contribution is -2.46. The first-order valence-corrected chi connectivity index (χ1v) is 13.8. The van der Waals surface area contributed by atoms with Crippen molar-refractivity contribution in [3.8, 4) is 5.75 Å². The third-order valence-electron chi connectivity index (χ3n) is 6.50.